The maximum atomic E-state index is 10.4. The van der Waals surface area contributed by atoms with E-state index in [2.05, 4.69) is 4.98 Å². The van der Waals surface area contributed by atoms with E-state index in [1.165, 1.54) is 0 Å². The van der Waals surface area contributed by atoms with Crippen LogP contribution in [0.15, 0.2) is 24.5 Å². The van der Waals surface area contributed by atoms with Gasteiger partial charge in [0.25, 0.3) is 0 Å². The summed E-state index contributed by atoms with van der Waals surface area (Å²) in [5, 5.41) is 8.58. The largest absolute Gasteiger partial charge is 0.481 e. The number of aryl methyl sites for hydroxylation is 2. The zero-order valence-corrected chi connectivity index (χ0v) is 8.47. The molecule has 0 aromatic carbocycles. The number of carboxylic acid groups (broad SMARTS) is 1. The summed E-state index contributed by atoms with van der Waals surface area (Å²) in [5.74, 6) is -0.776. The molecule has 4 heteroatoms. The molecule has 0 aliphatic carbocycles. The SMILES string of the molecule is Cn1ccc2ncc(CCC(=O)O)cc21. The van der Waals surface area contributed by atoms with Crippen LogP contribution in [-0.4, -0.2) is 20.6 Å². The van der Waals surface area contributed by atoms with Gasteiger partial charge in [-0.3, -0.25) is 9.78 Å². The second kappa shape index (κ2) is 3.73. The maximum absolute atomic E-state index is 10.4. The summed E-state index contributed by atoms with van der Waals surface area (Å²) in [6.07, 6.45) is 4.37. The van der Waals surface area contributed by atoms with Crippen LogP contribution in [-0.2, 0) is 18.3 Å². The molecule has 0 saturated heterocycles. The summed E-state index contributed by atoms with van der Waals surface area (Å²) in [5.41, 5.74) is 2.95. The zero-order chi connectivity index (χ0) is 10.8. The van der Waals surface area contributed by atoms with Crippen LogP contribution in [0, 0.1) is 0 Å². The molecule has 2 aromatic rings. The van der Waals surface area contributed by atoms with Crippen molar-refractivity contribution in [1.29, 1.82) is 0 Å². The molecule has 0 aliphatic rings. The van der Waals surface area contributed by atoms with Gasteiger partial charge in [0.1, 0.15) is 0 Å². The summed E-state index contributed by atoms with van der Waals surface area (Å²) < 4.78 is 1.98. The number of aromatic nitrogens is 2. The minimum atomic E-state index is -0.776. The van der Waals surface area contributed by atoms with Crippen molar-refractivity contribution in [2.75, 3.05) is 0 Å². The zero-order valence-electron chi connectivity index (χ0n) is 8.47. The van der Waals surface area contributed by atoms with Gasteiger partial charge >= 0.3 is 5.97 Å². The number of aliphatic carboxylic acids is 1. The van der Waals surface area contributed by atoms with Crippen molar-refractivity contribution in [3.8, 4) is 0 Å². The maximum Gasteiger partial charge on any atom is 0.303 e. The number of fused-ring (bicyclic) bond motifs is 1. The van der Waals surface area contributed by atoms with E-state index in [1.54, 1.807) is 6.20 Å². The lowest BCUT2D eigenvalue weighted by Gasteiger charge is -2.00. The lowest BCUT2D eigenvalue weighted by Crippen LogP contribution is -1.98. The Bertz CT molecular complexity index is 502. The van der Waals surface area contributed by atoms with Crippen LogP contribution in [0.1, 0.15) is 12.0 Å². The number of hydrogen-bond donors (Lipinski definition) is 1. The first-order valence-electron chi connectivity index (χ1n) is 4.78. The molecule has 15 heavy (non-hydrogen) atoms. The van der Waals surface area contributed by atoms with Crippen LogP contribution in [0.25, 0.3) is 11.0 Å². The average Bonchev–Trinajstić information content (AvgIpc) is 2.57. The summed E-state index contributed by atoms with van der Waals surface area (Å²) in [7, 11) is 1.95. The summed E-state index contributed by atoms with van der Waals surface area (Å²) in [6.45, 7) is 0. The Morgan fingerprint density at radius 3 is 3.13 bits per heavy atom. The summed E-state index contributed by atoms with van der Waals surface area (Å²) in [6, 6.07) is 3.93. The van der Waals surface area contributed by atoms with Gasteiger partial charge in [-0.1, -0.05) is 0 Å². The molecule has 0 amide bonds. The second-order valence-corrected chi connectivity index (χ2v) is 3.57. The molecule has 0 spiro atoms. The molecule has 0 atom stereocenters. The van der Waals surface area contributed by atoms with Crippen molar-refractivity contribution < 1.29 is 9.90 Å². The van der Waals surface area contributed by atoms with Crippen molar-refractivity contribution in [2.24, 2.45) is 7.05 Å². The van der Waals surface area contributed by atoms with Gasteiger partial charge in [-0.25, -0.2) is 0 Å². The highest BCUT2D eigenvalue weighted by Gasteiger charge is 2.03. The van der Waals surface area contributed by atoms with E-state index in [-0.39, 0.29) is 6.42 Å². The first-order chi connectivity index (χ1) is 7.16. The fourth-order valence-electron chi connectivity index (χ4n) is 1.57. The van der Waals surface area contributed by atoms with Crippen LogP contribution in [0.5, 0.6) is 0 Å². The van der Waals surface area contributed by atoms with E-state index in [0.717, 1.165) is 16.6 Å². The second-order valence-electron chi connectivity index (χ2n) is 3.57. The number of pyridine rings is 1. The molecule has 1 N–H and O–H groups in total. The van der Waals surface area contributed by atoms with E-state index in [0.29, 0.717) is 6.42 Å². The molecular weight excluding hydrogens is 192 g/mol. The monoisotopic (exact) mass is 204 g/mol. The molecule has 78 valence electrons. The minimum Gasteiger partial charge on any atom is -0.481 e. The van der Waals surface area contributed by atoms with Crippen LogP contribution in [0.2, 0.25) is 0 Å². The predicted octanol–water partition coefficient (Wildman–Crippen LogP) is 1.59. The Balaban J connectivity index is 2.29. The van der Waals surface area contributed by atoms with Gasteiger partial charge in [-0.15, -0.1) is 0 Å². The van der Waals surface area contributed by atoms with Gasteiger partial charge in [0.05, 0.1) is 11.0 Å². The summed E-state index contributed by atoms with van der Waals surface area (Å²) >= 11 is 0. The molecule has 0 saturated carbocycles. The molecule has 2 heterocycles. The average molecular weight is 204 g/mol. The smallest absolute Gasteiger partial charge is 0.303 e. The standard InChI is InChI=1S/C11H12N2O2/c1-13-5-4-9-10(13)6-8(7-12-9)2-3-11(14)15/h4-7H,2-3H2,1H3,(H,14,15). The highest BCUT2D eigenvalue weighted by Crippen LogP contribution is 2.14. The molecule has 0 bridgehead atoms. The Morgan fingerprint density at radius 1 is 1.60 bits per heavy atom. The van der Waals surface area contributed by atoms with Gasteiger partial charge in [0, 0.05) is 25.9 Å². The number of rotatable bonds is 3. The van der Waals surface area contributed by atoms with Gasteiger partial charge in [-0.05, 0) is 24.1 Å². The van der Waals surface area contributed by atoms with E-state index in [4.69, 9.17) is 5.11 Å². The van der Waals surface area contributed by atoms with E-state index < -0.39 is 5.97 Å². The van der Waals surface area contributed by atoms with E-state index >= 15 is 0 Å². The van der Waals surface area contributed by atoms with Crippen molar-refractivity contribution in [3.63, 3.8) is 0 Å². The Morgan fingerprint density at radius 2 is 2.40 bits per heavy atom. The number of nitrogens with zero attached hydrogens (tertiary/aromatic N) is 2. The third-order valence-corrected chi connectivity index (χ3v) is 2.42. The highest BCUT2D eigenvalue weighted by molar-refractivity contribution is 5.76. The molecule has 0 unspecified atom stereocenters. The van der Waals surface area contributed by atoms with Crippen LogP contribution < -0.4 is 0 Å². The molecule has 2 rings (SSSR count). The third kappa shape index (κ3) is 1.98. The molecular formula is C11H12N2O2. The van der Waals surface area contributed by atoms with E-state index in [9.17, 15) is 4.79 Å². The van der Waals surface area contributed by atoms with Crippen LogP contribution in [0.4, 0.5) is 0 Å². The minimum absolute atomic E-state index is 0.150. The lowest BCUT2D eigenvalue weighted by molar-refractivity contribution is -0.136. The highest BCUT2D eigenvalue weighted by atomic mass is 16.4. The van der Waals surface area contributed by atoms with Crippen molar-refractivity contribution >= 4 is 17.0 Å². The van der Waals surface area contributed by atoms with E-state index in [1.807, 2.05) is 29.9 Å². The molecule has 0 aliphatic heterocycles. The Hall–Kier alpha value is -1.84. The van der Waals surface area contributed by atoms with Crippen LogP contribution >= 0.6 is 0 Å². The number of hydrogen-bond acceptors (Lipinski definition) is 2. The molecule has 0 fully saturated rings. The normalized spacial score (nSPS) is 10.7. The first-order valence-corrected chi connectivity index (χ1v) is 4.78. The fraction of sp³-hybridized carbons (Fsp3) is 0.273. The molecule has 2 aromatic heterocycles. The fourth-order valence-corrected chi connectivity index (χ4v) is 1.57. The number of carbonyl (C=O) groups is 1. The topological polar surface area (TPSA) is 55.1 Å². The quantitative estimate of drug-likeness (QED) is 0.826. The molecule has 4 nitrogen and oxygen atoms in total. The summed E-state index contributed by atoms with van der Waals surface area (Å²) in [4.78, 5) is 14.7. The number of carboxylic acids is 1. The van der Waals surface area contributed by atoms with Crippen LogP contribution in [0.3, 0.4) is 0 Å². The lowest BCUT2D eigenvalue weighted by atomic mass is 10.1. The van der Waals surface area contributed by atoms with Crippen molar-refractivity contribution in [3.05, 3.63) is 30.1 Å². The van der Waals surface area contributed by atoms with Crippen molar-refractivity contribution in [2.45, 2.75) is 12.8 Å². The molecule has 0 radical (unpaired) electrons. The third-order valence-electron chi connectivity index (χ3n) is 2.42. The van der Waals surface area contributed by atoms with Gasteiger partial charge < -0.3 is 9.67 Å². The van der Waals surface area contributed by atoms with Gasteiger partial charge in [-0.2, -0.15) is 0 Å². The first kappa shape index (κ1) is 9.71. The Kier molecular flexibility index (Phi) is 2.41. The van der Waals surface area contributed by atoms with Gasteiger partial charge in [0.15, 0.2) is 0 Å². The Labute approximate surface area is 87.2 Å². The predicted molar refractivity (Wildman–Crippen MR) is 56.7 cm³/mol. The van der Waals surface area contributed by atoms with Gasteiger partial charge in [0.2, 0.25) is 0 Å². The van der Waals surface area contributed by atoms with Crippen molar-refractivity contribution in [1.82, 2.24) is 9.55 Å².